The summed E-state index contributed by atoms with van der Waals surface area (Å²) >= 11 is 6.94. The highest BCUT2D eigenvalue weighted by Crippen LogP contribution is 2.29. The lowest BCUT2D eigenvalue weighted by molar-refractivity contribution is 0.536. The molecule has 0 atom stereocenters. The molecule has 0 amide bonds. The number of hydrogen-bond donors (Lipinski definition) is 1. The van der Waals surface area contributed by atoms with Crippen LogP contribution in [0.1, 0.15) is 11.1 Å². The van der Waals surface area contributed by atoms with Crippen molar-refractivity contribution in [1.29, 1.82) is 0 Å². The van der Waals surface area contributed by atoms with Gasteiger partial charge in [-0.2, -0.15) is 0 Å². The van der Waals surface area contributed by atoms with Crippen molar-refractivity contribution in [3.8, 4) is 0 Å². The molecule has 0 spiro atoms. The Bertz CT molecular complexity index is 564. The van der Waals surface area contributed by atoms with Gasteiger partial charge in [-0.1, -0.05) is 23.7 Å². The van der Waals surface area contributed by atoms with Crippen molar-refractivity contribution < 1.29 is 8.78 Å². The third kappa shape index (κ3) is 3.95. The summed E-state index contributed by atoms with van der Waals surface area (Å²) in [6, 6.07) is 9.95. The molecule has 20 heavy (non-hydrogen) atoms. The lowest BCUT2D eigenvalue weighted by Crippen LogP contribution is -2.06. The van der Waals surface area contributed by atoms with Gasteiger partial charge in [0.05, 0.1) is 4.90 Å². The summed E-state index contributed by atoms with van der Waals surface area (Å²) in [6.07, 6.45) is 0. The van der Waals surface area contributed by atoms with Crippen LogP contribution in [0.25, 0.3) is 0 Å². The van der Waals surface area contributed by atoms with Crippen LogP contribution in [0.5, 0.6) is 0 Å². The van der Waals surface area contributed by atoms with Gasteiger partial charge < -0.3 is 5.32 Å². The van der Waals surface area contributed by atoms with Gasteiger partial charge in [-0.3, -0.25) is 0 Å². The third-order valence-electron chi connectivity index (χ3n) is 2.74. The summed E-state index contributed by atoms with van der Waals surface area (Å²) in [4.78, 5) is 0.0554. The number of benzene rings is 2. The SMILES string of the molecule is CNCc1cc(F)c(SCc2ccc(Cl)cc2)c(F)c1. The molecule has 0 heterocycles. The molecule has 0 fully saturated rings. The van der Waals surface area contributed by atoms with Crippen molar-refractivity contribution in [1.82, 2.24) is 5.32 Å². The van der Waals surface area contributed by atoms with Crippen LogP contribution >= 0.6 is 23.4 Å². The van der Waals surface area contributed by atoms with Crippen molar-refractivity contribution in [2.45, 2.75) is 17.2 Å². The first-order valence-corrected chi connectivity index (χ1v) is 7.46. The average Bonchev–Trinajstić information content (AvgIpc) is 2.40. The van der Waals surface area contributed by atoms with Crippen molar-refractivity contribution in [3.63, 3.8) is 0 Å². The summed E-state index contributed by atoms with van der Waals surface area (Å²) in [6.45, 7) is 0.440. The van der Waals surface area contributed by atoms with E-state index in [9.17, 15) is 8.78 Å². The van der Waals surface area contributed by atoms with E-state index in [1.165, 1.54) is 12.1 Å². The Morgan fingerprint density at radius 2 is 1.65 bits per heavy atom. The maximum atomic E-state index is 13.9. The minimum absolute atomic E-state index is 0.0554. The van der Waals surface area contributed by atoms with Crippen LogP contribution in [0.3, 0.4) is 0 Å². The molecule has 0 bridgehead atoms. The van der Waals surface area contributed by atoms with Gasteiger partial charge in [0, 0.05) is 17.3 Å². The standard InChI is InChI=1S/C15H14ClF2NS/c1-19-8-11-6-13(17)15(14(18)7-11)20-9-10-2-4-12(16)5-3-10/h2-7,19H,8-9H2,1H3. The van der Waals surface area contributed by atoms with Crippen LogP contribution < -0.4 is 5.32 Å². The second-order valence-electron chi connectivity index (χ2n) is 4.33. The Hall–Kier alpha value is -1.10. The van der Waals surface area contributed by atoms with Crippen LogP contribution in [0.15, 0.2) is 41.3 Å². The number of thioether (sulfide) groups is 1. The smallest absolute Gasteiger partial charge is 0.140 e. The zero-order valence-electron chi connectivity index (χ0n) is 10.9. The molecule has 0 aromatic heterocycles. The Morgan fingerprint density at radius 1 is 1.05 bits per heavy atom. The van der Waals surface area contributed by atoms with Crippen LogP contribution in [-0.2, 0) is 12.3 Å². The van der Waals surface area contributed by atoms with Gasteiger partial charge in [-0.05, 0) is 42.4 Å². The average molecular weight is 314 g/mol. The van der Waals surface area contributed by atoms with Crippen molar-refractivity contribution in [2.75, 3.05) is 7.05 Å². The lowest BCUT2D eigenvalue weighted by atomic mass is 10.2. The van der Waals surface area contributed by atoms with E-state index in [4.69, 9.17) is 11.6 Å². The molecule has 0 aliphatic carbocycles. The minimum atomic E-state index is -0.519. The molecule has 0 unspecified atom stereocenters. The zero-order valence-corrected chi connectivity index (χ0v) is 12.5. The summed E-state index contributed by atoms with van der Waals surface area (Å²) in [5.74, 6) is -0.542. The molecule has 106 valence electrons. The predicted octanol–water partition coefficient (Wildman–Crippen LogP) is 4.63. The first-order valence-electron chi connectivity index (χ1n) is 6.10. The second kappa shape index (κ2) is 7.07. The van der Waals surface area contributed by atoms with Crippen LogP contribution in [0, 0.1) is 11.6 Å². The Morgan fingerprint density at radius 3 is 2.20 bits per heavy atom. The number of hydrogen-bond acceptors (Lipinski definition) is 2. The highest BCUT2D eigenvalue weighted by molar-refractivity contribution is 7.98. The maximum Gasteiger partial charge on any atom is 0.140 e. The highest BCUT2D eigenvalue weighted by atomic mass is 35.5. The van der Waals surface area contributed by atoms with Gasteiger partial charge in [0.15, 0.2) is 0 Å². The van der Waals surface area contributed by atoms with Crippen molar-refractivity contribution in [2.24, 2.45) is 0 Å². The Kier molecular flexibility index (Phi) is 5.40. The number of halogens is 3. The number of rotatable bonds is 5. The van der Waals surface area contributed by atoms with E-state index in [1.807, 2.05) is 12.1 Å². The van der Waals surface area contributed by atoms with Gasteiger partial charge in [0.1, 0.15) is 11.6 Å². The molecular formula is C15H14ClF2NS. The molecule has 0 radical (unpaired) electrons. The number of nitrogens with one attached hydrogen (secondary N) is 1. The van der Waals surface area contributed by atoms with E-state index in [2.05, 4.69) is 5.32 Å². The molecule has 0 aliphatic rings. The Labute approximate surface area is 126 Å². The van der Waals surface area contributed by atoms with E-state index in [0.717, 1.165) is 17.3 Å². The first-order chi connectivity index (χ1) is 9.60. The fraction of sp³-hybridized carbons (Fsp3) is 0.200. The molecule has 0 saturated carbocycles. The fourth-order valence-corrected chi connectivity index (χ4v) is 2.82. The summed E-state index contributed by atoms with van der Waals surface area (Å²) in [5.41, 5.74) is 1.57. The van der Waals surface area contributed by atoms with E-state index in [-0.39, 0.29) is 4.90 Å². The molecule has 2 aromatic rings. The molecule has 0 saturated heterocycles. The predicted molar refractivity (Wildman–Crippen MR) is 80.1 cm³/mol. The largest absolute Gasteiger partial charge is 0.316 e. The summed E-state index contributed by atoms with van der Waals surface area (Å²) in [7, 11) is 1.74. The van der Waals surface area contributed by atoms with E-state index >= 15 is 0 Å². The highest BCUT2D eigenvalue weighted by Gasteiger charge is 2.12. The first kappa shape index (κ1) is 15.3. The molecule has 2 rings (SSSR count). The third-order valence-corrected chi connectivity index (χ3v) is 4.14. The topological polar surface area (TPSA) is 12.0 Å². The van der Waals surface area contributed by atoms with Gasteiger partial charge in [0.2, 0.25) is 0 Å². The van der Waals surface area contributed by atoms with Gasteiger partial charge in [-0.15, -0.1) is 11.8 Å². The van der Waals surface area contributed by atoms with E-state index < -0.39 is 11.6 Å². The van der Waals surface area contributed by atoms with Gasteiger partial charge in [-0.25, -0.2) is 8.78 Å². The second-order valence-corrected chi connectivity index (χ2v) is 5.76. The molecule has 1 N–H and O–H groups in total. The van der Waals surface area contributed by atoms with Crippen molar-refractivity contribution >= 4 is 23.4 Å². The van der Waals surface area contributed by atoms with Crippen LogP contribution in [0.4, 0.5) is 8.78 Å². The summed E-state index contributed by atoms with van der Waals surface area (Å²) in [5, 5.41) is 3.51. The fourth-order valence-electron chi connectivity index (χ4n) is 1.79. The van der Waals surface area contributed by atoms with Gasteiger partial charge in [0.25, 0.3) is 0 Å². The maximum absolute atomic E-state index is 13.9. The monoisotopic (exact) mass is 313 g/mol. The molecular weight excluding hydrogens is 300 g/mol. The molecule has 1 nitrogen and oxygen atoms in total. The van der Waals surface area contributed by atoms with E-state index in [1.54, 1.807) is 19.2 Å². The Balaban J connectivity index is 2.11. The van der Waals surface area contributed by atoms with E-state index in [0.29, 0.717) is 22.9 Å². The quantitative estimate of drug-likeness (QED) is 0.808. The van der Waals surface area contributed by atoms with Crippen molar-refractivity contribution in [3.05, 3.63) is 64.2 Å². The summed E-state index contributed by atoms with van der Waals surface area (Å²) < 4.78 is 27.8. The zero-order chi connectivity index (χ0) is 14.5. The molecule has 0 aliphatic heterocycles. The molecule has 5 heteroatoms. The normalized spacial score (nSPS) is 10.8. The minimum Gasteiger partial charge on any atom is -0.316 e. The van der Waals surface area contributed by atoms with Gasteiger partial charge >= 0.3 is 0 Å². The van der Waals surface area contributed by atoms with Crippen LogP contribution in [0.2, 0.25) is 5.02 Å². The van der Waals surface area contributed by atoms with Crippen LogP contribution in [-0.4, -0.2) is 7.05 Å². The molecule has 2 aromatic carbocycles. The lowest BCUT2D eigenvalue weighted by Gasteiger charge is -2.08.